The second-order valence-electron chi connectivity index (χ2n) is 10.3. The Morgan fingerprint density at radius 3 is 2.55 bits per heavy atom. The number of phenols is 1. The Kier molecular flexibility index (Phi) is 7.23. The number of aromatic nitrogens is 2. The van der Waals surface area contributed by atoms with Gasteiger partial charge in [-0.3, -0.25) is 9.89 Å². The van der Waals surface area contributed by atoms with E-state index in [1.165, 1.54) is 5.56 Å². The van der Waals surface area contributed by atoms with Crippen molar-refractivity contribution in [3.05, 3.63) is 99.7 Å². The van der Waals surface area contributed by atoms with Crippen LogP contribution in [0, 0.1) is 20.8 Å². The fraction of sp³-hybridized carbons (Fsp3) is 0.312. The first-order valence-electron chi connectivity index (χ1n) is 13.4. The molecule has 0 spiro atoms. The molecule has 38 heavy (non-hydrogen) atoms. The van der Waals surface area contributed by atoms with Crippen LogP contribution in [0.15, 0.2) is 60.7 Å². The zero-order valence-electron chi connectivity index (χ0n) is 22.5. The SMILES string of the molecule is CCCCCOc1cccc(C2c3c(-c4cc(C)cc(C)c4O)n[nH]c3C(=O)N2Cc2ccc(C)cc2)c1. The zero-order chi connectivity index (χ0) is 26.8. The Morgan fingerprint density at radius 2 is 1.79 bits per heavy atom. The molecule has 196 valence electrons. The number of unbranched alkanes of at least 4 members (excludes halogenated alkanes) is 2. The fourth-order valence-corrected chi connectivity index (χ4v) is 5.26. The van der Waals surface area contributed by atoms with Crippen molar-refractivity contribution >= 4 is 5.91 Å². The molecule has 2 N–H and O–H groups in total. The Hall–Kier alpha value is -4.06. The maximum absolute atomic E-state index is 13.8. The second kappa shape index (κ2) is 10.7. The molecule has 0 saturated carbocycles. The van der Waals surface area contributed by atoms with Crippen molar-refractivity contribution in [2.75, 3.05) is 6.61 Å². The highest BCUT2D eigenvalue weighted by Gasteiger charge is 2.42. The lowest BCUT2D eigenvalue weighted by molar-refractivity contribution is 0.0730. The molecular formula is C32H35N3O3. The number of H-pyrrole nitrogens is 1. The van der Waals surface area contributed by atoms with Gasteiger partial charge in [-0.2, -0.15) is 5.10 Å². The van der Waals surface area contributed by atoms with Gasteiger partial charge in [-0.1, -0.05) is 67.8 Å². The molecular weight excluding hydrogens is 474 g/mol. The standard InChI is InChI=1S/C32H35N3O3/c1-5-6-7-15-38-25-10-8-9-24(18-25)30-27-28(26-17-21(3)16-22(4)31(26)36)33-34-29(27)32(37)35(30)19-23-13-11-20(2)12-14-23/h8-14,16-18,30,36H,5-7,15,19H2,1-4H3,(H,33,34). The molecule has 1 aromatic heterocycles. The minimum absolute atomic E-state index is 0.109. The van der Waals surface area contributed by atoms with Crippen LogP contribution in [0.1, 0.15) is 76.1 Å². The third kappa shape index (κ3) is 4.91. The minimum atomic E-state index is -0.382. The summed E-state index contributed by atoms with van der Waals surface area (Å²) >= 11 is 0. The van der Waals surface area contributed by atoms with Gasteiger partial charge in [0.1, 0.15) is 22.9 Å². The number of nitrogens with zero attached hydrogens (tertiary/aromatic N) is 2. The van der Waals surface area contributed by atoms with Crippen molar-refractivity contribution < 1.29 is 14.6 Å². The molecule has 0 aliphatic carbocycles. The minimum Gasteiger partial charge on any atom is -0.507 e. The molecule has 4 aromatic rings. The highest BCUT2D eigenvalue weighted by Crippen LogP contribution is 2.46. The Bertz CT molecular complexity index is 1460. The average Bonchev–Trinajstić information content (AvgIpc) is 3.44. The monoisotopic (exact) mass is 509 g/mol. The Balaban J connectivity index is 1.60. The van der Waals surface area contributed by atoms with E-state index in [1.54, 1.807) is 0 Å². The van der Waals surface area contributed by atoms with Crippen LogP contribution in [0.2, 0.25) is 0 Å². The van der Waals surface area contributed by atoms with E-state index in [4.69, 9.17) is 4.74 Å². The number of fused-ring (bicyclic) bond motifs is 1. The van der Waals surface area contributed by atoms with Crippen molar-refractivity contribution in [1.82, 2.24) is 15.1 Å². The number of aryl methyl sites for hydroxylation is 3. The summed E-state index contributed by atoms with van der Waals surface area (Å²) < 4.78 is 6.07. The number of amides is 1. The van der Waals surface area contributed by atoms with Gasteiger partial charge >= 0.3 is 0 Å². The van der Waals surface area contributed by atoms with Crippen LogP contribution in [0.3, 0.4) is 0 Å². The van der Waals surface area contributed by atoms with Gasteiger partial charge < -0.3 is 14.7 Å². The summed E-state index contributed by atoms with van der Waals surface area (Å²) in [6.45, 7) is 9.21. The van der Waals surface area contributed by atoms with Gasteiger partial charge in [0.25, 0.3) is 5.91 Å². The van der Waals surface area contributed by atoms with Crippen molar-refractivity contribution in [3.8, 4) is 22.8 Å². The molecule has 5 rings (SSSR count). The lowest BCUT2D eigenvalue weighted by atomic mass is 9.94. The molecule has 1 atom stereocenters. The second-order valence-corrected chi connectivity index (χ2v) is 10.3. The molecule has 6 heteroatoms. The number of carbonyl (C=O) groups is 1. The normalized spacial score (nSPS) is 14.7. The van der Waals surface area contributed by atoms with Crippen LogP contribution in [0.5, 0.6) is 11.5 Å². The number of carbonyl (C=O) groups excluding carboxylic acids is 1. The van der Waals surface area contributed by atoms with E-state index in [0.29, 0.717) is 30.1 Å². The summed E-state index contributed by atoms with van der Waals surface area (Å²) in [4.78, 5) is 15.7. The first kappa shape index (κ1) is 25.6. The van der Waals surface area contributed by atoms with E-state index in [-0.39, 0.29) is 17.7 Å². The zero-order valence-corrected chi connectivity index (χ0v) is 22.5. The van der Waals surface area contributed by atoms with Crippen LogP contribution in [-0.2, 0) is 6.54 Å². The van der Waals surface area contributed by atoms with E-state index in [1.807, 2.05) is 55.1 Å². The molecule has 0 saturated heterocycles. The molecule has 1 aliphatic heterocycles. The molecule has 0 radical (unpaired) electrons. The number of hydrogen-bond donors (Lipinski definition) is 2. The third-order valence-electron chi connectivity index (χ3n) is 7.23. The summed E-state index contributed by atoms with van der Waals surface area (Å²) in [6.07, 6.45) is 3.27. The number of aromatic hydroxyl groups is 1. The predicted molar refractivity (Wildman–Crippen MR) is 150 cm³/mol. The molecule has 1 unspecified atom stereocenters. The summed E-state index contributed by atoms with van der Waals surface area (Å²) in [7, 11) is 0. The van der Waals surface area contributed by atoms with Gasteiger partial charge in [-0.15, -0.1) is 0 Å². The molecule has 0 bridgehead atoms. The van der Waals surface area contributed by atoms with Crippen LogP contribution >= 0.6 is 0 Å². The van der Waals surface area contributed by atoms with Crippen LogP contribution in [0.4, 0.5) is 0 Å². The number of ether oxygens (including phenoxy) is 1. The van der Waals surface area contributed by atoms with Gasteiger partial charge in [0.15, 0.2) is 0 Å². The first-order chi connectivity index (χ1) is 18.4. The summed E-state index contributed by atoms with van der Waals surface area (Å²) in [6, 6.07) is 19.7. The van der Waals surface area contributed by atoms with Crippen LogP contribution < -0.4 is 4.74 Å². The highest BCUT2D eigenvalue weighted by atomic mass is 16.5. The lowest BCUT2D eigenvalue weighted by Crippen LogP contribution is -2.29. The highest BCUT2D eigenvalue weighted by molar-refractivity contribution is 6.00. The van der Waals surface area contributed by atoms with Crippen molar-refractivity contribution in [2.24, 2.45) is 0 Å². The smallest absolute Gasteiger partial charge is 0.273 e. The number of hydrogen-bond acceptors (Lipinski definition) is 4. The molecule has 6 nitrogen and oxygen atoms in total. The fourth-order valence-electron chi connectivity index (χ4n) is 5.26. The van der Waals surface area contributed by atoms with Gasteiger partial charge in [0.05, 0.1) is 12.6 Å². The van der Waals surface area contributed by atoms with Gasteiger partial charge in [0, 0.05) is 17.7 Å². The first-order valence-corrected chi connectivity index (χ1v) is 13.4. The summed E-state index contributed by atoms with van der Waals surface area (Å²) in [5.41, 5.74) is 7.44. The molecule has 1 aliphatic rings. The van der Waals surface area contributed by atoms with Crippen LogP contribution in [0.25, 0.3) is 11.3 Å². The molecule has 1 amide bonds. The van der Waals surface area contributed by atoms with E-state index in [9.17, 15) is 9.90 Å². The number of aromatic amines is 1. The predicted octanol–water partition coefficient (Wildman–Crippen LogP) is 7.02. The largest absolute Gasteiger partial charge is 0.507 e. The van der Waals surface area contributed by atoms with Crippen LogP contribution in [-0.4, -0.2) is 32.7 Å². The lowest BCUT2D eigenvalue weighted by Gasteiger charge is -2.27. The van der Waals surface area contributed by atoms with Gasteiger partial charge in [0.2, 0.25) is 0 Å². The van der Waals surface area contributed by atoms with E-state index in [0.717, 1.165) is 52.8 Å². The van der Waals surface area contributed by atoms with Gasteiger partial charge in [-0.25, -0.2) is 0 Å². The van der Waals surface area contributed by atoms with Crippen molar-refractivity contribution in [3.63, 3.8) is 0 Å². The van der Waals surface area contributed by atoms with Crippen molar-refractivity contribution in [2.45, 2.75) is 59.5 Å². The van der Waals surface area contributed by atoms with Gasteiger partial charge in [-0.05, 0) is 67.6 Å². The molecule has 3 aromatic carbocycles. The topological polar surface area (TPSA) is 78.5 Å². The number of phenolic OH excluding ortho intramolecular Hbond substituents is 1. The quantitative estimate of drug-likeness (QED) is 0.238. The van der Waals surface area contributed by atoms with E-state index >= 15 is 0 Å². The van der Waals surface area contributed by atoms with E-state index in [2.05, 4.69) is 48.3 Å². The molecule has 2 heterocycles. The van der Waals surface area contributed by atoms with Crippen molar-refractivity contribution in [1.29, 1.82) is 0 Å². The number of benzene rings is 3. The Labute approximate surface area is 224 Å². The van der Waals surface area contributed by atoms with E-state index < -0.39 is 0 Å². The third-order valence-corrected chi connectivity index (χ3v) is 7.23. The summed E-state index contributed by atoms with van der Waals surface area (Å²) in [5.74, 6) is 0.859. The maximum atomic E-state index is 13.8. The Morgan fingerprint density at radius 1 is 1.00 bits per heavy atom. The summed E-state index contributed by atoms with van der Waals surface area (Å²) in [5, 5.41) is 18.6. The average molecular weight is 510 g/mol. The maximum Gasteiger partial charge on any atom is 0.273 e. The number of rotatable bonds is 9. The number of nitrogens with one attached hydrogen (secondary N) is 1. The molecule has 0 fully saturated rings.